The molecule has 0 radical (unpaired) electrons. The molecule has 160 valence electrons. The lowest BCUT2D eigenvalue weighted by Gasteiger charge is -2.22. The molecule has 1 aromatic carbocycles. The molecule has 0 aliphatic heterocycles. The first-order valence-electron chi connectivity index (χ1n) is 9.95. The normalized spacial score (nSPS) is 14.9. The van der Waals surface area contributed by atoms with E-state index in [2.05, 4.69) is 20.7 Å². The Balaban J connectivity index is 1.74. The van der Waals surface area contributed by atoms with E-state index < -0.39 is 5.60 Å². The number of nitrogens with one attached hydrogen (secondary N) is 2. The fourth-order valence-corrected chi connectivity index (χ4v) is 3.21. The van der Waals surface area contributed by atoms with Gasteiger partial charge in [0.15, 0.2) is 5.96 Å². The second kappa shape index (κ2) is 9.82. The quantitative estimate of drug-likeness (QED) is 0.377. The summed E-state index contributed by atoms with van der Waals surface area (Å²) >= 11 is 6.05. The van der Waals surface area contributed by atoms with E-state index in [4.69, 9.17) is 16.0 Å². The lowest BCUT2D eigenvalue weighted by molar-refractivity contribution is 0.0428. The molecule has 0 saturated heterocycles. The van der Waals surface area contributed by atoms with Crippen LogP contribution in [0.5, 0.6) is 0 Å². The Morgan fingerprint density at radius 1 is 1.27 bits per heavy atom. The first-order valence-corrected chi connectivity index (χ1v) is 10.3. The minimum atomic E-state index is -1.20. The van der Waals surface area contributed by atoms with Crippen LogP contribution in [-0.4, -0.2) is 40.5 Å². The number of benzene rings is 1. The number of halogens is 1. The van der Waals surface area contributed by atoms with E-state index in [1.807, 2.05) is 61.1 Å². The highest BCUT2D eigenvalue weighted by atomic mass is 35.5. The second-order valence-electron chi connectivity index (χ2n) is 7.31. The SMILES string of the molecule is CCNC(=NCC(C)(O)c1ccc(C)o1)NCC(c1ccc(Cl)cc1)n1cccn1. The van der Waals surface area contributed by atoms with Crippen LogP contribution in [0.1, 0.15) is 37.0 Å². The first-order chi connectivity index (χ1) is 14.4. The smallest absolute Gasteiger partial charge is 0.191 e. The van der Waals surface area contributed by atoms with Gasteiger partial charge in [0.2, 0.25) is 0 Å². The average Bonchev–Trinajstić information content (AvgIpc) is 3.40. The molecule has 30 heavy (non-hydrogen) atoms. The van der Waals surface area contributed by atoms with Gasteiger partial charge in [0, 0.05) is 30.5 Å². The minimum absolute atomic E-state index is 0.0469. The molecule has 0 saturated carbocycles. The largest absolute Gasteiger partial charge is 0.463 e. The van der Waals surface area contributed by atoms with E-state index in [1.54, 1.807) is 19.2 Å². The number of hydrogen-bond donors (Lipinski definition) is 3. The fraction of sp³-hybridized carbons (Fsp3) is 0.364. The summed E-state index contributed by atoms with van der Waals surface area (Å²) in [6.45, 7) is 6.94. The third kappa shape index (κ3) is 5.64. The molecule has 2 aromatic heterocycles. The van der Waals surface area contributed by atoms with Crippen LogP contribution >= 0.6 is 11.6 Å². The van der Waals surface area contributed by atoms with Crippen LogP contribution in [-0.2, 0) is 5.60 Å². The van der Waals surface area contributed by atoms with Crippen molar-refractivity contribution in [1.82, 2.24) is 20.4 Å². The zero-order valence-electron chi connectivity index (χ0n) is 17.5. The van der Waals surface area contributed by atoms with Gasteiger partial charge in [-0.1, -0.05) is 23.7 Å². The molecule has 0 aliphatic carbocycles. The van der Waals surface area contributed by atoms with Gasteiger partial charge in [-0.25, -0.2) is 4.99 Å². The van der Waals surface area contributed by atoms with Gasteiger partial charge in [-0.2, -0.15) is 5.10 Å². The van der Waals surface area contributed by atoms with Gasteiger partial charge in [0.25, 0.3) is 0 Å². The Morgan fingerprint density at radius 2 is 2.03 bits per heavy atom. The number of aryl methyl sites for hydroxylation is 1. The zero-order valence-corrected chi connectivity index (χ0v) is 18.2. The van der Waals surface area contributed by atoms with Gasteiger partial charge in [-0.3, -0.25) is 4.68 Å². The number of hydrogen-bond acceptors (Lipinski definition) is 4. The van der Waals surface area contributed by atoms with E-state index in [9.17, 15) is 5.11 Å². The fourth-order valence-electron chi connectivity index (χ4n) is 3.08. The highest BCUT2D eigenvalue weighted by Gasteiger charge is 2.27. The summed E-state index contributed by atoms with van der Waals surface area (Å²) in [4.78, 5) is 4.57. The van der Waals surface area contributed by atoms with Crippen LogP contribution in [0.3, 0.4) is 0 Å². The van der Waals surface area contributed by atoms with Gasteiger partial charge >= 0.3 is 0 Å². The molecular weight excluding hydrogens is 402 g/mol. The standard InChI is InChI=1S/C22H28ClN5O2/c1-4-24-21(26-15-22(3,29)20-11-6-16(2)30-20)25-14-19(28-13-5-12-27-28)17-7-9-18(23)10-8-17/h5-13,19,29H,4,14-15H2,1-3H3,(H2,24,25,26). The van der Waals surface area contributed by atoms with Crippen molar-refractivity contribution in [3.05, 3.63) is 77.0 Å². The summed E-state index contributed by atoms with van der Waals surface area (Å²) in [6, 6.07) is 13.2. The predicted molar refractivity (Wildman–Crippen MR) is 119 cm³/mol. The molecule has 2 unspecified atom stereocenters. The van der Waals surface area contributed by atoms with Crippen molar-refractivity contribution < 1.29 is 9.52 Å². The van der Waals surface area contributed by atoms with Crippen LogP contribution in [0, 0.1) is 6.92 Å². The summed E-state index contributed by atoms with van der Waals surface area (Å²) in [6.07, 6.45) is 3.68. The van der Waals surface area contributed by atoms with Crippen LogP contribution in [0.2, 0.25) is 5.02 Å². The average molecular weight is 430 g/mol. The molecule has 0 spiro atoms. The number of aliphatic imine (C=N–C) groups is 1. The number of nitrogens with zero attached hydrogens (tertiary/aromatic N) is 3. The van der Waals surface area contributed by atoms with Crippen molar-refractivity contribution in [2.24, 2.45) is 4.99 Å². The van der Waals surface area contributed by atoms with Crippen LogP contribution in [0.25, 0.3) is 0 Å². The van der Waals surface area contributed by atoms with Gasteiger partial charge in [0.05, 0.1) is 12.6 Å². The maximum Gasteiger partial charge on any atom is 0.191 e. The van der Waals surface area contributed by atoms with Crippen molar-refractivity contribution in [3.8, 4) is 0 Å². The Bertz CT molecular complexity index is 948. The second-order valence-corrected chi connectivity index (χ2v) is 7.75. The molecule has 8 heteroatoms. The summed E-state index contributed by atoms with van der Waals surface area (Å²) in [5.74, 6) is 1.85. The molecule has 0 bridgehead atoms. The molecular formula is C22H28ClN5O2. The van der Waals surface area contributed by atoms with Crippen molar-refractivity contribution in [3.63, 3.8) is 0 Å². The van der Waals surface area contributed by atoms with E-state index in [0.29, 0.717) is 29.8 Å². The highest BCUT2D eigenvalue weighted by molar-refractivity contribution is 6.30. The molecule has 0 fully saturated rings. The first kappa shape index (κ1) is 21.9. The maximum absolute atomic E-state index is 10.8. The lowest BCUT2D eigenvalue weighted by atomic mass is 10.0. The lowest BCUT2D eigenvalue weighted by Crippen LogP contribution is -2.41. The maximum atomic E-state index is 10.8. The third-order valence-corrected chi connectivity index (χ3v) is 4.97. The molecule has 7 nitrogen and oxygen atoms in total. The molecule has 2 atom stereocenters. The highest BCUT2D eigenvalue weighted by Crippen LogP contribution is 2.23. The molecule has 3 N–H and O–H groups in total. The van der Waals surface area contributed by atoms with Crippen LogP contribution < -0.4 is 10.6 Å². The van der Waals surface area contributed by atoms with Gasteiger partial charge in [-0.05, 0) is 56.7 Å². The van der Waals surface area contributed by atoms with Crippen LogP contribution in [0.4, 0.5) is 0 Å². The summed E-state index contributed by atoms with van der Waals surface area (Å²) in [7, 11) is 0. The Labute approximate surface area is 181 Å². The van der Waals surface area contributed by atoms with Crippen molar-refractivity contribution in [2.75, 3.05) is 19.6 Å². The van der Waals surface area contributed by atoms with E-state index >= 15 is 0 Å². The molecule has 0 aliphatic rings. The summed E-state index contributed by atoms with van der Waals surface area (Å²) in [5.41, 5.74) is -0.127. The molecule has 3 rings (SSSR count). The van der Waals surface area contributed by atoms with Gasteiger partial charge < -0.3 is 20.2 Å². The number of guanidine groups is 1. The third-order valence-electron chi connectivity index (χ3n) is 4.72. The van der Waals surface area contributed by atoms with Crippen molar-refractivity contribution in [2.45, 2.75) is 32.4 Å². The monoisotopic (exact) mass is 429 g/mol. The number of rotatable bonds is 8. The van der Waals surface area contributed by atoms with Gasteiger partial charge in [-0.15, -0.1) is 0 Å². The summed E-state index contributed by atoms with van der Waals surface area (Å²) in [5, 5.41) is 22.4. The minimum Gasteiger partial charge on any atom is -0.463 e. The predicted octanol–water partition coefficient (Wildman–Crippen LogP) is 3.49. The van der Waals surface area contributed by atoms with Crippen molar-refractivity contribution >= 4 is 17.6 Å². The Morgan fingerprint density at radius 3 is 2.63 bits per heavy atom. The van der Waals surface area contributed by atoms with Gasteiger partial charge in [0.1, 0.15) is 17.1 Å². The molecule has 3 aromatic rings. The van der Waals surface area contributed by atoms with E-state index in [0.717, 1.165) is 11.3 Å². The van der Waals surface area contributed by atoms with Crippen molar-refractivity contribution in [1.29, 1.82) is 0 Å². The van der Waals surface area contributed by atoms with E-state index in [1.165, 1.54) is 0 Å². The molecule has 0 amide bonds. The zero-order chi connectivity index (χ0) is 21.6. The topological polar surface area (TPSA) is 87.6 Å². The molecule has 2 heterocycles. The Hall–Kier alpha value is -2.77. The number of aliphatic hydroxyl groups is 1. The number of aromatic nitrogens is 2. The Kier molecular flexibility index (Phi) is 7.18. The van der Waals surface area contributed by atoms with E-state index in [-0.39, 0.29) is 12.6 Å². The number of furan rings is 1. The summed E-state index contributed by atoms with van der Waals surface area (Å²) < 4.78 is 7.46. The van der Waals surface area contributed by atoms with Crippen LogP contribution in [0.15, 0.2) is 64.3 Å².